The Kier molecular flexibility index (Phi) is 4.64. The second-order valence-corrected chi connectivity index (χ2v) is 7.83. The molecule has 0 heterocycles. The lowest BCUT2D eigenvalue weighted by Crippen LogP contribution is -2.56. The fourth-order valence-electron chi connectivity index (χ4n) is 1.01. The number of carbonyl (C=O) groups excluding carboxylic acids is 1. The van der Waals surface area contributed by atoms with Gasteiger partial charge in [0.1, 0.15) is 5.60 Å². The Morgan fingerprint density at radius 2 is 1.53 bits per heavy atom. The van der Waals surface area contributed by atoms with Crippen LogP contribution in [0.25, 0.3) is 0 Å². The predicted molar refractivity (Wildman–Crippen MR) is 67.7 cm³/mol. The zero-order valence-electron chi connectivity index (χ0n) is 11.2. The number of carbonyl (C=O) groups is 2. The van der Waals surface area contributed by atoms with Crippen molar-refractivity contribution in [3.05, 3.63) is 0 Å². The number of aliphatic carboxylic acids is 1. The van der Waals surface area contributed by atoms with E-state index in [-0.39, 0.29) is 0 Å². The normalized spacial score (nSPS) is 16.2. The highest BCUT2D eigenvalue weighted by molar-refractivity contribution is 8.03. The Morgan fingerprint density at radius 1 is 1.12 bits per heavy atom. The zero-order chi connectivity index (χ0) is 14.1. The minimum Gasteiger partial charge on any atom is -0.479 e. The quantitative estimate of drug-likeness (QED) is 0.456. The predicted octanol–water partition coefficient (Wildman–Crippen LogP) is 1.60. The maximum Gasteiger partial charge on any atom is 0.349 e. The third-order valence-electron chi connectivity index (χ3n) is 1.49. The van der Waals surface area contributed by atoms with Crippen molar-refractivity contribution in [2.75, 3.05) is 0 Å². The second kappa shape index (κ2) is 4.86. The molecule has 0 rings (SSSR count). The molecule has 0 amide bonds. The van der Waals surface area contributed by atoms with Crippen molar-refractivity contribution in [3.63, 3.8) is 0 Å². The number of carboxylic acids is 1. The summed E-state index contributed by atoms with van der Waals surface area (Å²) >= 11 is 0.865. The van der Waals surface area contributed by atoms with E-state index in [9.17, 15) is 9.59 Å². The first-order valence-corrected chi connectivity index (χ1v) is 6.05. The van der Waals surface area contributed by atoms with E-state index in [2.05, 4.69) is 0 Å². The van der Waals surface area contributed by atoms with E-state index in [4.69, 9.17) is 15.6 Å². The minimum atomic E-state index is -2.08. The number of hydrogen-bond acceptors (Lipinski definition) is 5. The van der Waals surface area contributed by atoms with Crippen LogP contribution in [-0.2, 0) is 14.3 Å². The Morgan fingerprint density at radius 3 is 1.76 bits per heavy atom. The van der Waals surface area contributed by atoms with Gasteiger partial charge < -0.3 is 9.84 Å². The number of carboxylic acid groups (broad SMARTS) is 1. The van der Waals surface area contributed by atoms with E-state index in [0.29, 0.717) is 0 Å². The van der Waals surface area contributed by atoms with Gasteiger partial charge in [-0.2, -0.15) is 0 Å². The molecule has 0 fully saturated rings. The maximum atomic E-state index is 11.9. The van der Waals surface area contributed by atoms with Crippen LogP contribution in [0.5, 0.6) is 0 Å². The highest BCUT2D eigenvalue weighted by Gasteiger charge is 2.48. The van der Waals surface area contributed by atoms with Crippen molar-refractivity contribution in [2.45, 2.75) is 56.8 Å². The molecule has 1 unspecified atom stereocenters. The maximum absolute atomic E-state index is 11.9. The summed E-state index contributed by atoms with van der Waals surface area (Å²) in [5.41, 5.74) is 4.90. The van der Waals surface area contributed by atoms with E-state index >= 15 is 0 Å². The Hall–Kier alpha value is -0.750. The molecule has 0 aliphatic heterocycles. The number of esters is 1. The smallest absolute Gasteiger partial charge is 0.349 e. The molecule has 0 spiro atoms. The van der Waals surface area contributed by atoms with E-state index in [1.807, 2.05) is 0 Å². The number of thioether (sulfide) groups is 1. The molecule has 1 atom stereocenters. The first-order valence-electron chi connectivity index (χ1n) is 5.24. The molecule has 0 aromatic rings. The molecule has 0 saturated heterocycles. The van der Waals surface area contributed by atoms with Gasteiger partial charge in [-0.05, 0) is 20.8 Å². The molecule has 100 valence electrons. The van der Waals surface area contributed by atoms with Crippen LogP contribution in [0.1, 0.15) is 41.5 Å². The van der Waals surface area contributed by atoms with Crippen LogP contribution in [0.2, 0.25) is 0 Å². The molecule has 0 aliphatic rings. The van der Waals surface area contributed by atoms with E-state index in [1.165, 1.54) is 0 Å². The lowest BCUT2D eigenvalue weighted by Gasteiger charge is -2.32. The van der Waals surface area contributed by atoms with Gasteiger partial charge in [0, 0.05) is 4.75 Å². The van der Waals surface area contributed by atoms with Gasteiger partial charge in [-0.3, -0.25) is 5.73 Å². The van der Waals surface area contributed by atoms with E-state index in [0.717, 1.165) is 11.8 Å². The van der Waals surface area contributed by atoms with Crippen LogP contribution in [-0.4, -0.2) is 32.3 Å². The standard InChI is InChI=1S/C11H21NO4S/c1-9(2,3)16-8(15)11(12,7(13)14)17-10(4,5)6/h12H2,1-6H3,(H,13,14). The molecule has 0 aliphatic carbocycles. The third-order valence-corrected chi connectivity index (χ3v) is 2.76. The molecule has 3 N–H and O–H groups in total. The van der Waals surface area contributed by atoms with Crippen LogP contribution >= 0.6 is 11.8 Å². The average Bonchev–Trinajstić information content (AvgIpc) is 1.96. The number of rotatable bonds is 3. The monoisotopic (exact) mass is 263 g/mol. The molecule has 0 radical (unpaired) electrons. The van der Waals surface area contributed by atoms with Crippen molar-refractivity contribution < 1.29 is 19.4 Å². The van der Waals surface area contributed by atoms with Gasteiger partial charge in [0.2, 0.25) is 0 Å². The van der Waals surface area contributed by atoms with Crippen LogP contribution in [0.4, 0.5) is 0 Å². The van der Waals surface area contributed by atoms with Crippen LogP contribution in [0.15, 0.2) is 0 Å². The number of hydrogen-bond donors (Lipinski definition) is 2. The van der Waals surface area contributed by atoms with Gasteiger partial charge in [-0.15, -0.1) is 11.8 Å². The topological polar surface area (TPSA) is 89.6 Å². The fraction of sp³-hybridized carbons (Fsp3) is 0.818. The van der Waals surface area contributed by atoms with E-state index < -0.39 is 27.2 Å². The highest BCUT2D eigenvalue weighted by atomic mass is 32.2. The summed E-state index contributed by atoms with van der Waals surface area (Å²) in [6.45, 7) is 10.3. The van der Waals surface area contributed by atoms with Gasteiger partial charge >= 0.3 is 11.9 Å². The minimum absolute atomic E-state index is 0.468. The lowest BCUT2D eigenvalue weighted by atomic mass is 10.2. The molecule has 0 bridgehead atoms. The number of ether oxygens (including phenoxy) is 1. The molecule has 0 aromatic carbocycles. The van der Waals surface area contributed by atoms with Gasteiger partial charge in [0.05, 0.1) is 0 Å². The number of nitrogens with two attached hydrogens (primary N) is 1. The van der Waals surface area contributed by atoms with Crippen molar-refractivity contribution in [3.8, 4) is 0 Å². The van der Waals surface area contributed by atoms with Crippen molar-refractivity contribution in [1.82, 2.24) is 0 Å². The molecule has 17 heavy (non-hydrogen) atoms. The molecule has 6 heteroatoms. The third kappa shape index (κ3) is 5.41. The summed E-state index contributed by atoms with van der Waals surface area (Å²) in [5, 5.41) is 9.12. The van der Waals surface area contributed by atoms with Gasteiger partial charge in [0.15, 0.2) is 0 Å². The highest BCUT2D eigenvalue weighted by Crippen LogP contribution is 2.35. The van der Waals surface area contributed by atoms with Crippen molar-refractivity contribution >= 4 is 23.7 Å². The summed E-state index contributed by atoms with van der Waals surface area (Å²) in [6, 6.07) is 0. The largest absolute Gasteiger partial charge is 0.479 e. The zero-order valence-corrected chi connectivity index (χ0v) is 12.0. The Bertz CT molecular complexity index is 316. The summed E-state index contributed by atoms with van der Waals surface area (Å²) in [6.07, 6.45) is 0. The molecular weight excluding hydrogens is 242 g/mol. The van der Waals surface area contributed by atoms with Crippen molar-refractivity contribution in [2.24, 2.45) is 5.73 Å². The molecule has 0 aromatic heterocycles. The SMILES string of the molecule is CC(C)(C)OC(=O)C(N)(SC(C)(C)C)C(=O)O. The second-order valence-electron chi connectivity index (χ2n) is 5.76. The van der Waals surface area contributed by atoms with Crippen LogP contribution in [0.3, 0.4) is 0 Å². The first-order chi connectivity index (χ1) is 7.28. The van der Waals surface area contributed by atoms with Gasteiger partial charge in [0.25, 0.3) is 4.87 Å². The molecule has 0 saturated carbocycles. The van der Waals surface area contributed by atoms with Gasteiger partial charge in [-0.25, -0.2) is 9.59 Å². The summed E-state index contributed by atoms with van der Waals surface area (Å²) in [5.74, 6) is -2.33. The summed E-state index contributed by atoms with van der Waals surface area (Å²) in [4.78, 5) is 21.0. The van der Waals surface area contributed by atoms with E-state index in [1.54, 1.807) is 41.5 Å². The van der Waals surface area contributed by atoms with Crippen LogP contribution in [0, 0.1) is 0 Å². The lowest BCUT2D eigenvalue weighted by molar-refractivity contribution is -0.163. The average molecular weight is 263 g/mol. The van der Waals surface area contributed by atoms with Gasteiger partial charge in [-0.1, -0.05) is 20.8 Å². The fourth-order valence-corrected chi connectivity index (χ4v) is 2.19. The Balaban J connectivity index is 5.10. The summed E-state index contributed by atoms with van der Waals surface area (Å²) < 4.78 is 4.58. The van der Waals surface area contributed by atoms with Crippen molar-refractivity contribution in [1.29, 1.82) is 0 Å². The molecular formula is C11H21NO4S. The van der Waals surface area contributed by atoms with Crippen LogP contribution < -0.4 is 5.73 Å². The Labute approximate surface area is 106 Å². The summed E-state index contributed by atoms with van der Waals surface area (Å²) in [7, 11) is 0. The molecule has 5 nitrogen and oxygen atoms in total. The first kappa shape index (κ1) is 16.2.